The molecule has 3 rings (SSSR count). The second kappa shape index (κ2) is 4.61. The van der Waals surface area contributed by atoms with Crippen LogP contribution < -0.4 is 5.32 Å². The number of aryl methyl sites for hydroxylation is 2. The lowest BCUT2D eigenvalue weighted by atomic mass is 10.0. The van der Waals surface area contributed by atoms with Gasteiger partial charge in [-0.25, -0.2) is 0 Å². The number of hydrogen-bond donors (Lipinski definition) is 1. The van der Waals surface area contributed by atoms with Crippen LogP contribution in [0.2, 0.25) is 0 Å². The van der Waals surface area contributed by atoms with Crippen molar-refractivity contribution >= 4 is 11.8 Å². The summed E-state index contributed by atoms with van der Waals surface area (Å²) in [6.07, 6.45) is 2.06. The van der Waals surface area contributed by atoms with Crippen molar-refractivity contribution < 1.29 is 9.59 Å². The standard InChI is InChI=1S/C14H20N4O2/c1-8-6-11(17(3)16-8)7-18-9(2)13(19)15-12(14(18)20)10-4-5-10/h6,9-10,12H,4-5,7H2,1-3H3,(H,15,19). The predicted octanol–water partition coefficient (Wildman–Crippen LogP) is 0.354. The lowest BCUT2D eigenvalue weighted by Gasteiger charge is -2.37. The van der Waals surface area contributed by atoms with E-state index in [1.54, 1.807) is 16.5 Å². The average Bonchev–Trinajstić information content (AvgIpc) is 3.16. The number of carbonyl (C=O) groups excluding carboxylic acids is 2. The Morgan fingerprint density at radius 2 is 2.10 bits per heavy atom. The van der Waals surface area contributed by atoms with Crippen molar-refractivity contribution in [3.8, 4) is 0 Å². The maximum atomic E-state index is 12.6. The molecule has 1 saturated carbocycles. The molecule has 2 unspecified atom stereocenters. The van der Waals surface area contributed by atoms with Crippen LogP contribution in [0.25, 0.3) is 0 Å². The zero-order valence-electron chi connectivity index (χ0n) is 12.1. The van der Waals surface area contributed by atoms with E-state index in [0.717, 1.165) is 24.2 Å². The molecule has 2 atom stereocenters. The molecule has 1 N–H and O–H groups in total. The van der Waals surface area contributed by atoms with E-state index >= 15 is 0 Å². The summed E-state index contributed by atoms with van der Waals surface area (Å²) in [4.78, 5) is 26.3. The van der Waals surface area contributed by atoms with Crippen molar-refractivity contribution in [2.45, 2.75) is 45.3 Å². The van der Waals surface area contributed by atoms with Crippen molar-refractivity contribution in [1.29, 1.82) is 0 Å². The highest BCUT2D eigenvalue weighted by Gasteiger charge is 2.45. The van der Waals surface area contributed by atoms with Gasteiger partial charge in [0.1, 0.15) is 12.1 Å². The Kier molecular flexibility index (Phi) is 3.03. The molecule has 1 aromatic heterocycles. The fourth-order valence-electron chi connectivity index (χ4n) is 2.80. The largest absolute Gasteiger partial charge is 0.342 e. The molecule has 0 spiro atoms. The first-order chi connectivity index (χ1) is 9.47. The Hall–Kier alpha value is -1.85. The van der Waals surface area contributed by atoms with Crippen LogP contribution in [0.3, 0.4) is 0 Å². The third-order valence-electron chi connectivity index (χ3n) is 4.22. The van der Waals surface area contributed by atoms with Crippen molar-refractivity contribution in [1.82, 2.24) is 20.0 Å². The molecule has 2 fully saturated rings. The molecule has 6 heteroatoms. The maximum absolute atomic E-state index is 12.6. The number of nitrogens with one attached hydrogen (secondary N) is 1. The molecule has 108 valence electrons. The molecule has 2 amide bonds. The molecule has 0 bridgehead atoms. The van der Waals surface area contributed by atoms with Crippen LogP contribution in [0, 0.1) is 12.8 Å². The quantitative estimate of drug-likeness (QED) is 0.866. The van der Waals surface area contributed by atoms with Crippen molar-refractivity contribution in [3.05, 3.63) is 17.5 Å². The van der Waals surface area contributed by atoms with Crippen LogP contribution in [0.15, 0.2) is 6.07 Å². The summed E-state index contributed by atoms with van der Waals surface area (Å²) in [6.45, 7) is 4.14. The Morgan fingerprint density at radius 3 is 2.65 bits per heavy atom. The molecule has 2 aliphatic rings. The second-order valence-electron chi connectivity index (χ2n) is 5.87. The Morgan fingerprint density at radius 1 is 1.40 bits per heavy atom. The predicted molar refractivity (Wildman–Crippen MR) is 72.6 cm³/mol. The van der Waals surface area contributed by atoms with Gasteiger partial charge in [-0.15, -0.1) is 0 Å². The fourth-order valence-corrected chi connectivity index (χ4v) is 2.80. The Balaban J connectivity index is 1.83. The monoisotopic (exact) mass is 276 g/mol. The van der Waals surface area contributed by atoms with Crippen LogP contribution in [0.1, 0.15) is 31.2 Å². The number of amides is 2. The SMILES string of the molecule is Cc1cc(CN2C(=O)C(C3CC3)NC(=O)C2C)n(C)n1. The molecule has 1 saturated heterocycles. The summed E-state index contributed by atoms with van der Waals surface area (Å²) in [7, 11) is 1.86. The minimum absolute atomic E-state index is 0.0402. The van der Waals surface area contributed by atoms with Gasteiger partial charge in [0.25, 0.3) is 0 Å². The summed E-state index contributed by atoms with van der Waals surface area (Å²) in [5.74, 6) is 0.313. The molecule has 1 aliphatic heterocycles. The van der Waals surface area contributed by atoms with Crippen molar-refractivity contribution in [2.24, 2.45) is 13.0 Å². The van der Waals surface area contributed by atoms with E-state index < -0.39 is 6.04 Å². The first-order valence-electron chi connectivity index (χ1n) is 7.07. The maximum Gasteiger partial charge on any atom is 0.246 e. The lowest BCUT2D eigenvalue weighted by Crippen LogP contribution is -2.62. The third kappa shape index (κ3) is 2.19. The smallest absolute Gasteiger partial charge is 0.246 e. The molecule has 1 aliphatic carbocycles. The van der Waals surface area contributed by atoms with Gasteiger partial charge in [0.05, 0.1) is 17.9 Å². The topological polar surface area (TPSA) is 67.2 Å². The van der Waals surface area contributed by atoms with Crippen LogP contribution in [-0.2, 0) is 23.2 Å². The van der Waals surface area contributed by atoms with Gasteiger partial charge >= 0.3 is 0 Å². The van der Waals surface area contributed by atoms with Gasteiger partial charge in [-0.1, -0.05) is 0 Å². The van der Waals surface area contributed by atoms with Crippen LogP contribution in [0.4, 0.5) is 0 Å². The molecule has 1 aromatic rings. The van der Waals surface area contributed by atoms with E-state index in [1.807, 2.05) is 20.0 Å². The van der Waals surface area contributed by atoms with Gasteiger partial charge < -0.3 is 10.2 Å². The number of nitrogens with zero attached hydrogens (tertiary/aromatic N) is 3. The molecule has 0 radical (unpaired) electrons. The normalized spacial score (nSPS) is 26.9. The number of aromatic nitrogens is 2. The minimum atomic E-state index is -0.423. The lowest BCUT2D eigenvalue weighted by molar-refractivity contribution is -0.150. The van der Waals surface area contributed by atoms with Crippen LogP contribution in [-0.4, -0.2) is 38.6 Å². The third-order valence-corrected chi connectivity index (χ3v) is 4.22. The zero-order valence-corrected chi connectivity index (χ0v) is 12.1. The fraction of sp³-hybridized carbons (Fsp3) is 0.643. The minimum Gasteiger partial charge on any atom is -0.342 e. The molecule has 2 heterocycles. The van der Waals surface area contributed by atoms with Gasteiger partial charge in [0.2, 0.25) is 11.8 Å². The van der Waals surface area contributed by atoms with Gasteiger partial charge in [-0.2, -0.15) is 5.10 Å². The number of piperazine rings is 1. The van der Waals surface area contributed by atoms with E-state index in [9.17, 15) is 9.59 Å². The van der Waals surface area contributed by atoms with E-state index in [4.69, 9.17) is 0 Å². The average molecular weight is 276 g/mol. The Labute approximate surface area is 118 Å². The summed E-state index contributed by atoms with van der Waals surface area (Å²) >= 11 is 0. The number of carbonyl (C=O) groups is 2. The highest BCUT2D eigenvalue weighted by atomic mass is 16.2. The highest BCUT2D eigenvalue weighted by Crippen LogP contribution is 2.35. The molecule has 20 heavy (non-hydrogen) atoms. The first kappa shape index (κ1) is 13.1. The zero-order chi connectivity index (χ0) is 14.4. The van der Waals surface area contributed by atoms with Gasteiger partial charge in [-0.3, -0.25) is 14.3 Å². The summed E-state index contributed by atoms with van der Waals surface area (Å²) in [6, 6.07) is 1.21. The first-order valence-corrected chi connectivity index (χ1v) is 7.07. The molecule has 6 nitrogen and oxygen atoms in total. The summed E-state index contributed by atoms with van der Waals surface area (Å²) in [5.41, 5.74) is 1.87. The van der Waals surface area contributed by atoms with E-state index in [-0.39, 0.29) is 17.9 Å². The number of rotatable bonds is 3. The van der Waals surface area contributed by atoms with Crippen molar-refractivity contribution in [2.75, 3.05) is 0 Å². The summed E-state index contributed by atoms with van der Waals surface area (Å²) in [5, 5.41) is 7.15. The molecular formula is C14H20N4O2. The van der Waals surface area contributed by atoms with Gasteiger partial charge in [0, 0.05) is 7.05 Å². The van der Waals surface area contributed by atoms with Crippen molar-refractivity contribution in [3.63, 3.8) is 0 Å². The Bertz CT molecular complexity index is 562. The van der Waals surface area contributed by atoms with Gasteiger partial charge in [0.15, 0.2) is 0 Å². The molecule has 0 aromatic carbocycles. The molecular weight excluding hydrogens is 256 g/mol. The number of hydrogen-bond acceptors (Lipinski definition) is 3. The van der Waals surface area contributed by atoms with E-state index in [0.29, 0.717) is 12.5 Å². The second-order valence-corrected chi connectivity index (χ2v) is 5.87. The van der Waals surface area contributed by atoms with E-state index in [2.05, 4.69) is 10.4 Å². The summed E-state index contributed by atoms with van der Waals surface area (Å²) < 4.78 is 1.77. The van der Waals surface area contributed by atoms with Crippen LogP contribution >= 0.6 is 0 Å². The highest BCUT2D eigenvalue weighted by molar-refractivity contribution is 5.97. The van der Waals surface area contributed by atoms with Crippen LogP contribution in [0.5, 0.6) is 0 Å². The van der Waals surface area contributed by atoms with E-state index in [1.165, 1.54) is 0 Å². The van der Waals surface area contributed by atoms with Gasteiger partial charge in [-0.05, 0) is 38.7 Å².